The maximum Gasteiger partial charge on any atom is 0.334 e. The van der Waals surface area contributed by atoms with Gasteiger partial charge in [-0.2, -0.15) is 0 Å². The molecule has 2 rings (SSSR count). The molecule has 1 aromatic heterocycles. The highest BCUT2D eigenvalue weighted by Gasteiger charge is 2.25. The molecule has 0 aliphatic rings. The van der Waals surface area contributed by atoms with E-state index in [1.165, 1.54) is 12.1 Å². The molecule has 0 saturated carbocycles. The van der Waals surface area contributed by atoms with Gasteiger partial charge >= 0.3 is 5.69 Å². The van der Waals surface area contributed by atoms with Gasteiger partial charge in [-0.15, -0.1) is 0 Å². The summed E-state index contributed by atoms with van der Waals surface area (Å²) in [5, 5.41) is 20.4. The fourth-order valence-electron chi connectivity index (χ4n) is 2.24. The minimum atomic E-state index is -1.41. The number of carbonyl (C=O) groups is 1. The summed E-state index contributed by atoms with van der Waals surface area (Å²) in [4.78, 5) is 41.9. The van der Waals surface area contributed by atoms with Crippen LogP contribution in [0.1, 0.15) is 10.4 Å². The molecule has 0 fully saturated rings. The van der Waals surface area contributed by atoms with Gasteiger partial charge < -0.3 is 15.5 Å². The van der Waals surface area contributed by atoms with E-state index in [-0.39, 0.29) is 5.69 Å². The van der Waals surface area contributed by atoms with E-state index in [0.29, 0.717) is 12.7 Å². The molecule has 29 heavy (non-hydrogen) atoms. The molecule has 0 saturated heterocycles. The molecule has 0 aliphatic heterocycles. The van der Waals surface area contributed by atoms with Crippen LogP contribution >= 0.6 is 22.6 Å². The molecular formula is C16H17F2IN4O6. The van der Waals surface area contributed by atoms with Crippen LogP contribution in [0.2, 0.25) is 0 Å². The smallest absolute Gasteiger partial charge is 0.334 e. The fraction of sp³-hybridized carbons (Fsp3) is 0.312. The van der Waals surface area contributed by atoms with Gasteiger partial charge in [0.1, 0.15) is 29.9 Å². The number of amides is 1. The molecule has 1 atom stereocenters. The van der Waals surface area contributed by atoms with Gasteiger partial charge in [-0.1, -0.05) is 0 Å². The Kier molecular flexibility index (Phi) is 7.83. The molecule has 0 spiro atoms. The van der Waals surface area contributed by atoms with E-state index in [4.69, 9.17) is 9.94 Å². The number of benzene rings is 1. The quantitative estimate of drug-likeness (QED) is 0.281. The van der Waals surface area contributed by atoms with E-state index in [1.54, 1.807) is 0 Å². The Morgan fingerprint density at radius 1 is 1.38 bits per heavy atom. The number of hydroxylamine groups is 1. The second-order valence-electron chi connectivity index (χ2n) is 5.75. The Morgan fingerprint density at radius 3 is 2.66 bits per heavy atom. The third kappa shape index (κ3) is 5.17. The maximum atomic E-state index is 14.2. The van der Waals surface area contributed by atoms with Gasteiger partial charge in [0.2, 0.25) is 0 Å². The van der Waals surface area contributed by atoms with E-state index >= 15 is 0 Å². The first-order valence-electron chi connectivity index (χ1n) is 8.04. The predicted octanol–water partition coefficient (Wildman–Crippen LogP) is -0.0241. The van der Waals surface area contributed by atoms with Crippen LogP contribution in [0.5, 0.6) is 0 Å². The second kappa shape index (κ2) is 9.91. The Bertz CT molecular complexity index is 1030. The van der Waals surface area contributed by atoms with Crippen molar-refractivity contribution in [3.8, 4) is 0 Å². The normalized spacial score (nSPS) is 11.9. The van der Waals surface area contributed by atoms with Crippen molar-refractivity contribution in [2.45, 2.75) is 12.9 Å². The predicted molar refractivity (Wildman–Crippen MR) is 106 cm³/mol. The van der Waals surface area contributed by atoms with Crippen LogP contribution in [-0.4, -0.2) is 44.6 Å². The molecule has 0 bridgehead atoms. The molecule has 13 heteroatoms. The first-order valence-corrected chi connectivity index (χ1v) is 9.12. The SMILES string of the molecule is Cn1c(=O)c(C(=O)NOC[C@H](O)CO)c(Nc2ccc(I)cc2F)n(CF)c1=O. The zero-order valence-corrected chi connectivity index (χ0v) is 17.1. The number of hydrogen-bond donors (Lipinski definition) is 4. The monoisotopic (exact) mass is 526 g/mol. The van der Waals surface area contributed by atoms with E-state index in [1.807, 2.05) is 28.1 Å². The zero-order chi connectivity index (χ0) is 21.7. The van der Waals surface area contributed by atoms with Crippen LogP contribution < -0.4 is 22.0 Å². The van der Waals surface area contributed by atoms with Gasteiger partial charge in [0.25, 0.3) is 11.5 Å². The van der Waals surface area contributed by atoms with Gasteiger partial charge in [0.15, 0.2) is 6.80 Å². The minimum absolute atomic E-state index is 0.203. The molecule has 1 amide bonds. The fourth-order valence-corrected chi connectivity index (χ4v) is 2.69. The molecule has 1 aromatic carbocycles. The van der Waals surface area contributed by atoms with Crippen LogP contribution in [-0.2, 0) is 18.7 Å². The van der Waals surface area contributed by atoms with Crippen molar-refractivity contribution < 1.29 is 28.6 Å². The lowest BCUT2D eigenvalue weighted by atomic mass is 10.2. The highest BCUT2D eigenvalue weighted by molar-refractivity contribution is 14.1. The largest absolute Gasteiger partial charge is 0.394 e. The summed E-state index contributed by atoms with van der Waals surface area (Å²) in [5.74, 6) is -2.51. The number of carbonyl (C=O) groups excluding carboxylic acids is 1. The number of rotatable bonds is 8. The van der Waals surface area contributed by atoms with Crippen LogP contribution in [0.25, 0.3) is 0 Å². The number of aromatic nitrogens is 2. The summed E-state index contributed by atoms with van der Waals surface area (Å²) in [6, 6.07) is 3.96. The van der Waals surface area contributed by atoms with Crippen LogP contribution in [0.4, 0.5) is 20.3 Å². The van der Waals surface area contributed by atoms with Crippen LogP contribution in [0, 0.1) is 9.39 Å². The van der Waals surface area contributed by atoms with Crippen molar-refractivity contribution in [3.05, 3.63) is 54.0 Å². The van der Waals surface area contributed by atoms with E-state index in [9.17, 15) is 28.3 Å². The number of aliphatic hydroxyl groups is 2. The molecule has 0 aliphatic carbocycles. The summed E-state index contributed by atoms with van der Waals surface area (Å²) < 4.78 is 29.3. The Hall–Kier alpha value is -2.36. The van der Waals surface area contributed by atoms with Gasteiger partial charge in [-0.25, -0.2) is 23.6 Å². The number of halogens is 3. The minimum Gasteiger partial charge on any atom is -0.394 e. The average Bonchev–Trinajstić information content (AvgIpc) is 2.68. The number of hydrogen-bond acceptors (Lipinski definition) is 7. The highest BCUT2D eigenvalue weighted by atomic mass is 127. The van der Waals surface area contributed by atoms with Crippen LogP contribution in [0.15, 0.2) is 27.8 Å². The van der Waals surface area contributed by atoms with E-state index < -0.39 is 60.5 Å². The summed E-state index contributed by atoms with van der Waals surface area (Å²) in [7, 11) is 1.04. The Labute approximate surface area is 175 Å². The Morgan fingerprint density at radius 2 is 2.07 bits per heavy atom. The average molecular weight is 526 g/mol. The number of alkyl halides is 1. The topological polar surface area (TPSA) is 135 Å². The van der Waals surface area contributed by atoms with Crippen molar-refractivity contribution in [2.24, 2.45) is 7.05 Å². The Balaban J connectivity index is 2.53. The second-order valence-corrected chi connectivity index (χ2v) is 6.99. The molecule has 0 radical (unpaired) electrons. The molecule has 4 N–H and O–H groups in total. The third-order valence-corrected chi connectivity index (χ3v) is 4.40. The van der Waals surface area contributed by atoms with E-state index in [2.05, 4.69) is 5.32 Å². The standard InChI is InChI=1S/C16H17F2IN4O6/c1-22-15(27)12(14(26)21-29-6-9(25)5-24)13(23(7-17)16(22)28)20-11-3-2-8(19)4-10(11)18/h2-4,9,20,24-25H,5-7H2,1H3,(H,21,26)/t9-/m1/s1. The zero-order valence-electron chi connectivity index (χ0n) is 15.0. The molecular weight excluding hydrogens is 509 g/mol. The number of nitrogens with zero attached hydrogens (tertiary/aromatic N) is 2. The lowest BCUT2D eigenvalue weighted by molar-refractivity contribution is -0.0296. The van der Waals surface area contributed by atoms with Crippen molar-refractivity contribution in [1.82, 2.24) is 14.6 Å². The van der Waals surface area contributed by atoms with Gasteiger partial charge in [-0.3, -0.25) is 19.0 Å². The summed E-state index contributed by atoms with van der Waals surface area (Å²) in [5.41, 5.74) is -1.22. The molecule has 1 heterocycles. The van der Waals surface area contributed by atoms with Crippen LogP contribution in [0.3, 0.4) is 0 Å². The van der Waals surface area contributed by atoms with Crippen molar-refractivity contribution in [1.29, 1.82) is 0 Å². The van der Waals surface area contributed by atoms with Gasteiger partial charge in [0, 0.05) is 10.6 Å². The van der Waals surface area contributed by atoms with Crippen molar-refractivity contribution in [2.75, 3.05) is 18.5 Å². The number of anilines is 2. The number of aliphatic hydroxyl groups excluding tert-OH is 2. The van der Waals surface area contributed by atoms with E-state index in [0.717, 1.165) is 13.1 Å². The van der Waals surface area contributed by atoms with Crippen molar-refractivity contribution >= 4 is 40.0 Å². The lowest BCUT2D eigenvalue weighted by Gasteiger charge is -2.18. The first-order chi connectivity index (χ1) is 13.7. The van der Waals surface area contributed by atoms with Gasteiger partial charge in [-0.05, 0) is 40.8 Å². The third-order valence-electron chi connectivity index (χ3n) is 3.73. The summed E-state index contributed by atoms with van der Waals surface area (Å²) in [6.07, 6.45) is -1.29. The number of nitrogens with one attached hydrogen (secondary N) is 2. The molecule has 2 aromatic rings. The molecule has 0 unspecified atom stereocenters. The van der Waals surface area contributed by atoms with Gasteiger partial charge in [0.05, 0.1) is 12.3 Å². The summed E-state index contributed by atoms with van der Waals surface area (Å²) in [6.45, 7) is -2.55. The maximum absolute atomic E-state index is 14.2. The lowest BCUT2D eigenvalue weighted by Crippen LogP contribution is -2.44. The molecule has 158 valence electrons. The van der Waals surface area contributed by atoms with Crippen molar-refractivity contribution in [3.63, 3.8) is 0 Å². The summed E-state index contributed by atoms with van der Waals surface area (Å²) >= 11 is 1.87. The molecule has 10 nitrogen and oxygen atoms in total. The first kappa shape index (κ1) is 22.9. The highest BCUT2D eigenvalue weighted by Crippen LogP contribution is 2.23.